The van der Waals surface area contributed by atoms with E-state index in [1.807, 2.05) is 45.2 Å². The summed E-state index contributed by atoms with van der Waals surface area (Å²) in [6.45, 7) is 26.3. The van der Waals surface area contributed by atoms with Gasteiger partial charge >= 0.3 is 12.1 Å². The lowest BCUT2D eigenvalue weighted by Gasteiger charge is -2.42. The molecule has 8 nitrogen and oxygen atoms in total. The zero-order chi connectivity index (χ0) is 39.2. The first-order valence-corrected chi connectivity index (χ1v) is 22.0. The zero-order valence-corrected chi connectivity index (χ0v) is 36.1. The quantitative estimate of drug-likeness (QED) is 0.0375. The van der Waals surface area contributed by atoms with E-state index in [-0.39, 0.29) is 18.1 Å². The third-order valence-electron chi connectivity index (χ3n) is 9.48. The predicted octanol–water partition coefficient (Wildman–Crippen LogP) is 11.4. The number of Topliss-reactive ketones (excluding diaryl/α,β-unsaturated/α-hetero) is 1. The summed E-state index contributed by atoms with van der Waals surface area (Å²) in [6, 6.07) is 2.43. The minimum Gasteiger partial charge on any atom is -0.457 e. The predicted molar refractivity (Wildman–Crippen MR) is 214 cm³/mol. The maximum atomic E-state index is 14.6. The molecule has 0 saturated heterocycles. The van der Waals surface area contributed by atoms with Crippen LogP contribution >= 0.6 is 46.1 Å². The zero-order valence-electron chi connectivity index (χ0n) is 32.0. The van der Waals surface area contributed by atoms with Crippen LogP contribution in [0, 0.1) is 24.2 Å². The molecule has 0 aliphatic rings. The summed E-state index contributed by atoms with van der Waals surface area (Å²) in [5, 5.41) is 2.90. The van der Waals surface area contributed by atoms with Crippen LogP contribution in [0.2, 0.25) is 18.1 Å². The van der Waals surface area contributed by atoms with E-state index in [1.54, 1.807) is 44.3 Å². The van der Waals surface area contributed by atoms with Crippen LogP contribution in [0.4, 0.5) is 4.79 Å². The van der Waals surface area contributed by atoms with Gasteiger partial charge in [0.05, 0.1) is 29.1 Å². The van der Waals surface area contributed by atoms with Crippen LogP contribution in [0.1, 0.15) is 92.3 Å². The summed E-state index contributed by atoms with van der Waals surface area (Å²) < 4.78 is 22.0. The summed E-state index contributed by atoms with van der Waals surface area (Å²) in [5.74, 6) is -1.84. The standard InChI is InChI=1S/C38H58Cl3NO7SSi/c1-13-18-26(7)34(48-36(45)46-24-38(39,40)41)28(9)35(44)37(11,12)32(49-51(15-3,16-4)17-5)22-33(43)47-31(20-19-25(6)14-2)27(8)21-30-23-50-29(10)42-30/h13-14,19,21,23,26,28,31-32,34H,1-2,15-18,20,22,24H2,3-12H3/b25-19-,27-21+/t26-,28+,31-,32-,34-/m0/s1. The number of nitrogens with zero attached hydrogens (tertiary/aromatic N) is 1. The molecular formula is C38H58Cl3NO7SSi. The number of aromatic nitrogens is 1. The van der Waals surface area contributed by atoms with Crippen LogP contribution < -0.4 is 0 Å². The van der Waals surface area contributed by atoms with Crippen molar-refractivity contribution < 1.29 is 33.0 Å². The van der Waals surface area contributed by atoms with Crippen LogP contribution in [-0.2, 0) is 28.2 Å². The van der Waals surface area contributed by atoms with E-state index >= 15 is 0 Å². The van der Waals surface area contributed by atoms with Crippen molar-refractivity contribution in [3.8, 4) is 0 Å². The number of hydrogen-bond donors (Lipinski definition) is 0. The lowest BCUT2D eigenvalue weighted by atomic mass is 9.73. The molecule has 288 valence electrons. The maximum absolute atomic E-state index is 14.6. The minimum absolute atomic E-state index is 0.150. The maximum Gasteiger partial charge on any atom is 0.508 e. The van der Waals surface area contributed by atoms with Crippen molar-refractivity contribution >= 4 is 78.4 Å². The monoisotopic (exact) mass is 805 g/mol. The van der Waals surface area contributed by atoms with Gasteiger partial charge in [-0.25, -0.2) is 9.78 Å². The molecule has 5 atom stereocenters. The van der Waals surface area contributed by atoms with Crippen molar-refractivity contribution in [1.82, 2.24) is 4.98 Å². The number of ketones is 1. The number of hydrogen-bond acceptors (Lipinski definition) is 9. The Morgan fingerprint density at radius 3 is 2.12 bits per heavy atom. The van der Waals surface area contributed by atoms with Crippen LogP contribution in [0.3, 0.4) is 0 Å². The van der Waals surface area contributed by atoms with Crippen LogP contribution in [-0.4, -0.2) is 59.9 Å². The molecule has 0 aromatic carbocycles. The van der Waals surface area contributed by atoms with Crippen molar-refractivity contribution in [2.75, 3.05) is 6.61 Å². The van der Waals surface area contributed by atoms with Crippen molar-refractivity contribution in [2.24, 2.45) is 17.3 Å². The molecule has 0 aliphatic heterocycles. The third-order valence-corrected chi connectivity index (χ3v) is 15.2. The van der Waals surface area contributed by atoms with Crippen LogP contribution in [0.15, 0.2) is 47.9 Å². The minimum atomic E-state index is -2.35. The van der Waals surface area contributed by atoms with Gasteiger partial charge in [0.2, 0.25) is 3.79 Å². The average molecular weight is 807 g/mol. The van der Waals surface area contributed by atoms with Gasteiger partial charge in [0.1, 0.15) is 24.6 Å². The second kappa shape index (κ2) is 21.7. The van der Waals surface area contributed by atoms with E-state index in [0.29, 0.717) is 12.8 Å². The molecule has 0 unspecified atom stereocenters. The van der Waals surface area contributed by atoms with Gasteiger partial charge in [0.25, 0.3) is 0 Å². The number of esters is 1. The molecule has 0 saturated carbocycles. The Morgan fingerprint density at radius 2 is 1.63 bits per heavy atom. The number of aryl methyl sites for hydroxylation is 1. The summed E-state index contributed by atoms with van der Waals surface area (Å²) in [5.41, 5.74) is 1.40. The fraction of sp³-hybridized carbons (Fsp3) is 0.632. The molecule has 1 rings (SSSR count). The van der Waals surface area contributed by atoms with E-state index < -0.39 is 60.5 Å². The molecule has 0 spiro atoms. The van der Waals surface area contributed by atoms with Gasteiger partial charge < -0.3 is 18.6 Å². The number of carbonyl (C=O) groups excluding carboxylic acids is 3. The summed E-state index contributed by atoms with van der Waals surface area (Å²) in [7, 11) is -2.35. The molecule has 0 fully saturated rings. The molecule has 1 aromatic heterocycles. The Morgan fingerprint density at radius 1 is 1.02 bits per heavy atom. The number of rotatable bonds is 22. The highest BCUT2D eigenvalue weighted by atomic mass is 35.6. The van der Waals surface area contributed by atoms with Gasteiger partial charge in [-0.15, -0.1) is 17.9 Å². The molecule has 13 heteroatoms. The number of alkyl halides is 3. The van der Waals surface area contributed by atoms with Crippen LogP contribution in [0.25, 0.3) is 6.08 Å². The fourth-order valence-corrected chi connectivity index (χ4v) is 9.58. The smallest absolute Gasteiger partial charge is 0.457 e. The Bertz CT molecular complexity index is 1380. The van der Waals surface area contributed by atoms with Crippen LogP contribution in [0.5, 0.6) is 0 Å². The molecular weight excluding hydrogens is 749 g/mol. The normalized spacial score (nSPS) is 16.0. The molecule has 0 aliphatic carbocycles. The van der Waals surface area contributed by atoms with E-state index in [2.05, 4.69) is 38.9 Å². The third kappa shape index (κ3) is 15.5. The lowest BCUT2D eigenvalue weighted by molar-refractivity contribution is -0.153. The first-order chi connectivity index (χ1) is 23.7. The number of thiazole rings is 1. The molecule has 51 heavy (non-hydrogen) atoms. The molecule has 1 heterocycles. The highest BCUT2D eigenvalue weighted by Gasteiger charge is 2.47. The lowest BCUT2D eigenvalue weighted by Crippen LogP contribution is -2.52. The van der Waals surface area contributed by atoms with Gasteiger partial charge in [-0.2, -0.15) is 0 Å². The number of allylic oxidation sites excluding steroid dienone is 3. The number of carbonyl (C=O) groups is 3. The van der Waals surface area contributed by atoms with E-state index in [4.69, 9.17) is 53.4 Å². The van der Waals surface area contributed by atoms with E-state index in [9.17, 15) is 14.4 Å². The van der Waals surface area contributed by atoms with Gasteiger partial charge in [-0.3, -0.25) is 9.59 Å². The van der Waals surface area contributed by atoms with E-state index in [0.717, 1.165) is 40.0 Å². The summed E-state index contributed by atoms with van der Waals surface area (Å²) in [6.07, 6.45) is 4.74. The Kier molecular flexibility index (Phi) is 20.0. The largest absolute Gasteiger partial charge is 0.508 e. The molecule has 0 amide bonds. The number of ether oxygens (including phenoxy) is 3. The first-order valence-electron chi connectivity index (χ1n) is 17.5. The average Bonchev–Trinajstić information content (AvgIpc) is 3.49. The topological polar surface area (TPSA) is 101 Å². The molecule has 0 radical (unpaired) electrons. The second-order valence-corrected chi connectivity index (χ2v) is 22.0. The van der Waals surface area contributed by atoms with Gasteiger partial charge in [0.15, 0.2) is 8.32 Å². The first kappa shape index (κ1) is 47.1. The van der Waals surface area contributed by atoms with Gasteiger partial charge in [-0.05, 0) is 62.9 Å². The van der Waals surface area contributed by atoms with E-state index in [1.165, 1.54) is 0 Å². The van der Waals surface area contributed by atoms with Crippen molar-refractivity contribution in [3.05, 3.63) is 58.6 Å². The molecule has 1 aromatic rings. The van der Waals surface area contributed by atoms with Crippen molar-refractivity contribution in [1.29, 1.82) is 0 Å². The molecule has 0 bridgehead atoms. The summed E-state index contributed by atoms with van der Waals surface area (Å²) >= 11 is 18.8. The Hall–Kier alpha value is -1.95. The van der Waals surface area contributed by atoms with Crippen molar-refractivity contribution in [2.45, 2.75) is 129 Å². The second-order valence-electron chi connectivity index (χ2n) is 13.7. The number of halogens is 3. The highest BCUT2D eigenvalue weighted by Crippen LogP contribution is 2.38. The Balaban J connectivity index is 3.54. The fourth-order valence-electron chi connectivity index (χ4n) is 5.87. The highest BCUT2D eigenvalue weighted by molar-refractivity contribution is 7.09. The SMILES string of the molecule is C=CC[C@H](C)[C@H](OC(=O)OCC(Cl)(Cl)Cl)[C@@H](C)C(=O)C(C)(C)[C@H](CC(=O)O[C@@H](C/C=C(/C)C=C)/C(C)=C/c1csc(C)n1)O[Si](CC)(CC)CC. The Labute approximate surface area is 326 Å². The molecule has 0 N–H and O–H groups in total. The van der Waals surface area contributed by atoms with Gasteiger partial charge in [0, 0.05) is 17.2 Å². The van der Waals surface area contributed by atoms with Gasteiger partial charge in [-0.1, -0.05) is 114 Å². The van der Waals surface area contributed by atoms with Crippen molar-refractivity contribution in [3.63, 3.8) is 0 Å². The summed E-state index contributed by atoms with van der Waals surface area (Å²) in [4.78, 5) is 45.8.